The second-order valence-corrected chi connectivity index (χ2v) is 9.31. The van der Waals surface area contributed by atoms with Gasteiger partial charge in [0, 0.05) is 11.9 Å². The Kier molecular flexibility index (Phi) is 4.62. The predicted molar refractivity (Wildman–Crippen MR) is 48.3 cm³/mol. The van der Waals surface area contributed by atoms with Crippen LogP contribution in [0.15, 0.2) is 0 Å². The van der Waals surface area contributed by atoms with E-state index in [4.69, 9.17) is 11.6 Å². The van der Waals surface area contributed by atoms with Gasteiger partial charge in [0.25, 0.3) is 0 Å². The fourth-order valence-electron chi connectivity index (χ4n) is 0.782. The summed E-state index contributed by atoms with van der Waals surface area (Å²) in [4.78, 5) is 0. The van der Waals surface area contributed by atoms with Gasteiger partial charge in [-0.2, -0.15) is 13.2 Å². The molecule has 1 atom stereocenters. The van der Waals surface area contributed by atoms with Crippen molar-refractivity contribution in [2.75, 3.05) is 5.50 Å². The Bertz CT molecular complexity index is 131. The molecule has 0 aliphatic carbocycles. The molecule has 1 unspecified atom stereocenters. The van der Waals surface area contributed by atoms with Crippen molar-refractivity contribution in [2.24, 2.45) is 0 Å². The van der Waals surface area contributed by atoms with Gasteiger partial charge in [0.1, 0.15) is 0 Å². The van der Waals surface area contributed by atoms with Crippen molar-refractivity contribution in [1.29, 1.82) is 0 Å². The van der Waals surface area contributed by atoms with Crippen LogP contribution in [-0.2, 0) is 0 Å². The summed E-state index contributed by atoms with van der Waals surface area (Å²) in [6, 6.07) is 1.09. The van der Waals surface area contributed by atoms with Crippen molar-refractivity contribution < 1.29 is 13.2 Å². The summed E-state index contributed by atoms with van der Waals surface area (Å²) < 4.78 is 35.5. The van der Waals surface area contributed by atoms with E-state index < -0.39 is 20.7 Å². The van der Waals surface area contributed by atoms with Gasteiger partial charge < -0.3 is 0 Å². The zero-order valence-corrected chi connectivity index (χ0v) is 9.10. The Morgan fingerprint density at radius 1 is 1.33 bits per heavy atom. The highest BCUT2D eigenvalue weighted by molar-refractivity contribution is 6.84. The zero-order chi connectivity index (χ0) is 9.83. The van der Waals surface area contributed by atoms with Gasteiger partial charge in [0.2, 0.25) is 0 Å². The van der Waals surface area contributed by atoms with Crippen molar-refractivity contribution in [2.45, 2.75) is 38.2 Å². The molecule has 0 aliphatic heterocycles. The summed E-state index contributed by atoms with van der Waals surface area (Å²) in [6.45, 7) is 3.84. The summed E-state index contributed by atoms with van der Waals surface area (Å²) in [5.41, 5.74) is 0.430. The highest BCUT2D eigenvalue weighted by Crippen LogP contribution is 2.28. The van der Waals surface area contributed by atoms with E-state index in [1.54, 1.807) is 0 Å². The third-order valence-electron chi connectivity index (χ3n) is 2.19. The summed E-state index contributed by atoms with van der Waals surface area (Å²) in [5.74, 6) is 0. The maximum Gasteiger partial charge on any atom is 0.388 e. The molecule has 12 heavy (non-hydrogen) atoms. The molecular formula is C7H14ClF3Si. The summed E-state index contributed by atoms with van der Waals surface area (Å²) in [7, 11) is -1.76. The molecule has 0 aromatic carbocycles. The first kappa shape index (κ1) is 12.3. The smallest absolute Gasteiger partial charge is 0.171 e. The minimum Gasteiger partial charge on any atom is -0.171 e. The standard InChI is InChI=1S/C7H14ClF3Si/c1-3-12(2,6-8)5-4-7(9,10)11/h3-6H2,1-2H3. The first-order chi connectivity index (χ1) is 5.33. The van der Waals surface area contributed by atoms with E-state index in [9.17, 15) is 13.2 Å². The first-order valence-electron chi connectivity index (χ1n) is 3.96. The van der Waals surface area contributed by atoms with Gasteiger partial charge in [-0.3, -0.25) is 0 Å². The van der Waals surface area contributed by atoms with Crippen molar-refractivity contribution in [1.82, 2.24) is 0 Å². The molecule has 0 radical (unpaired) electrons. The monoisotopic (exact) mass is 218 g/mol. The Morgan fingerprint density at radius 2 is 1.83 bits per heavy atom. The molecule has 0 rings (SSSR count). The van der Waals surface area contributed by atoms with Crippen LogP contribution in [0, 0.1) is 0 Å². The van der Waals surface area contributed by atoms with Crippen LogP contribution in [0.25, 0.3) is 0 Å². The topological polar surface area (TPSA) is 0 Å². The van der Waals surface area contributed by atoms with E-state index >= 15 is 0 Å². The van der Waals surface area contributed by atoms with Gasteiger partial charge in [0.15, 0.2) is 0 Å². The van der Waals surface area contributed by atoms with Gasteiger partial charge >= 0.3 is 6.18 Å². The quantitative estimate of drug-likeness (QED) is 0.497. The third-order valence-corrected chi connectivity index (χ3v) is 7.93. The van der Waals surface area contributed by atoms with Gasteiger partial charge in [-0.15, -0.1) is 11.6 Å². The van der Waals surface area contributed by atoms with Crippen LogP contribution >= 0.6 is 11.6 Å². The molecule has 0 saturated heterocycles. The van der Waals surface area contributed by atoms with E-state index in [-0.39, 0.29) is 6.04 Å². The van der Waals surface area contributed by atoms with E-state index in [2.05, 4.69) is 0 Å². The molecule has 0 nitrogen and oxygen atoms in total. The second-order valence-electron chi connectivity index (χ2n) is 3.41. The van der Waals surface area contributed by atoms with Crippen LogP contribution < -0.4 is 0 Å². The lowest BCUT2D eigenvalue weighted by molar-refractivity contribution is -0.130. The number of hydrogen-bond acceptors (Lipinski definition) is 0. The Balaban J connectivity index is 3.89. The Labute approximate surface area is 77.1 Å². The lowest BCUT2D eigenvalue weighted by Gasteiger charge is -2.23. The molecule has 0 N–H and O–H groups in total. The molecule has 0 aromatic rings. The fraction of sp³-hybridized carbons (Fsp3) is 1.00. The average Bonchev–Trinajstić information content (AvgIpc) is 1.99. The normalized spacial score (nSPS) is 17.5. The summed E-state index contributed by atoms with van der Waals surface area (Å²) in [5, 5.41) is 0. The van der Waals surface area contributed by atoms with E-state index in [1.807, 2.05) is 13.5 Å². The molecule has 0 aromatic heterocycles. The average molecular weight is 219 g/mol. The number of alkyl halides is 4. The lowest BCUT2D eigenvalue weighted by atomic mass is 10.5. The summed E-state index contributed by atoms with van der Waals surface area (Å²) >= 11 is 5.63. The maximum absolute atomic E-state index is 11.8. The molecule has 0 amide bonds. The largest absolute Gasteiger partial charge is 0.388 e. The summed E-state index contributed by atoms with van der Waals surface area (Å²) in [6.07, 6.45) is -4.69. The highest BCUT2D eigenvalue weighted by atomic mass is 35.5. The van der Waals surface area contributed by atoms with Crippen LogP contribution in [0.1, 0.15) is 13.3 Å². The highest BCUT2D eigenvalue weighted by Gasteiger charge is 2.33. The van der Waals surface area contributed by atoms with Crippen LogP contribution in [0.5, 0.6) is 0 Å². The minimum absolute atomic E-state index is 0.260. The van der Waals surface area contributed by atoms with Crippen molar-refractivity contribution in [3.8, 4) is 0 Å². The van der Waals surface area contributed by atoms with Gasteiger partial charge in [-0.05, 0) is 6.04 Å². The van der Waals surface area contributed by atoms with Crippen molar-refractivity contribution in [3.05, 3.63) is 0 Å². The fourth-order valence-corrected chi connectivity index (χ4v) is 3.31. The lowest BCUT2D eigenvalue weighted by Crippen LogP contribution is -2.33. The molecular weight excluding hydrogens is 205 g/mol. The SMILES string of the molecule is CC[Si](C)(CCl)CCC(F)(F)F. The van der Waals surface area contributed by atoms with Gasteiger partial charge in [-0.25, -0.2) is 0 Å². The number of hydrogen-bond donors (Lipinski definition) is 0. The van der Waals surface area contributed by atoms with Crippen LogP contribution in [0.4, 0.5) is 13.2 Å². The van der Waals surface area contributed by atoms with Gasteiger partial charge in [0.05, 0.1) is 8.07 Å². The molecule has 0 spiro atoms. The van der Waals surface area contributed by atoms with E-state index in [1.165, 1.54) is 0 Å². The second kappa shape index (κ2) is 4.51. The number of halogens is 4. The van der Waals surface area contributed by atoms with Gasteiger partial charge in [-0.1, -0.05) is 19.5 Å². The molecule has 5 heteroatoms. The van der Waals surface area contributed by atoms with Crippen molar-refractivity contribution in [3.63, 3.8) is 0 Å². The molecule has 74 valence electrons. The Hall–Kier alpha value is 0.297. The molecule has 0 heterocycles. The van der Waals surface area contributed by atoms with Crippen molar-refractivity contribution >= 4 is 19.7 Å². The molecule has 0 aliphatic rings. The minimum atomic E-state index is -4.02. The van der Waals surface area contributed by atoms with Crippen LogP contribution in [0.3, 0.4) is 0 Å². The molecule has 0 saturated carbocycles. The number of rotatable bonds is 4. The third kappa shape index (κ3) is 5.03. The molecule has 0 bridgehead atoms. The molecule has 0 fully saturated rings. The van der Waals surface area contributed by atoms with E-state index in [0.717, 1.165) is 6.04 Å². The van der Waals surface area contributed by atoms with E-state index in [0.29, 0.717) is 5.50 Å². The Morgan fingerprint density at radius 3 is 2.08 bits per heavy atom. The maximum atomic E-state index is 11.8. The van der Waals surface area contributed by atoms with Crippen LogP contribution in [-0.4, -0.2) is 19.8 Å². The predicted octanol–water partition coefficient (Wildman–Crippen LogP) is 3.82. The zero-order valence-electron chi connectivity index (χ0n) is 7.34. The first-order valence-corrected chi connectivity index (χ1v) is 7.61. The van der Waals surface area contributed by atoms with Crippen LogP contribution in [0.2, 0.25) is 18.6 Å².